The molecule has 2 N–H and O–H groups in total. The van der Waals surface area contributed by atoms with E-state index in [1.807, 2.05) is 0 Å². The van der Waals surface area contributed by atoms with E-state index in [1.165, 1.54) is 0 Å². The second-order valence-electron chi connectivity index (χ2n) is 3.25. The molecule has 0 unspecified atom stereocenters. The summed E-state index contributed by atoms with van der Waals surface area (Å²) in [6.07, 6.45) is -0.429. The molecule has 18 heavy (non-hydrogen) atoms. The molecule has 0 fully saturated rings. The lowest BCUT2D eigenvalue weighted by Crippen LogP contribution is -2.43. The number of carbonyl (C=O) groups is 4. The summed E-state index contributed by atoms with van der Waals surface area (Å²) in [6.45, 7) is 1.62. The molecular weight excluding hydrogens is 262 g/mol. The van der Waals surface area contributed by atoms with Gasteiger partial charge in [-0.15, -0.1) is 0 Å². The third-order valence-electron chi connectivity index (χ3n) is 1.85. The molecule has 1 atom stereocenters. The van der Waals surface area contributed by atoms with Gasteiger partial charge in [0.15, 0.2) is 5.12 Å². The van der Waals surface area contributed by atoms with E-state index in [-0.39, 0.29) is 18.1 Å². The van der Waals surface area contributed by atoms with Crippen LogP contribution in [0.2, 0.25) is 0 Å². The van der Waals surface area contributed by atoms with Gasteiger partial charge in [-0.25, -0.2) is 4.79 Å². The molecule has 102 valence electrons. The van der Waals surface area contributed by atoms with E-state index < -0.39 is 29.5 Å². The Kier molecular flexibility index (Phi) is 7.77. The van der Waals surface area contributed by atoms with Gasteiger partial charge in [0, 0.05) is 12.2 Å². The maximum absolute atomic E-state index is 11.3. The first kappa shape index (κ1) is 16.4. The van der Waals surface area contributed by atoms with Gasteiger partial charge in [-0.3, -0.25) is 14.4 Å². The fourth-order valence-corrected chi connectivity index (χ4v) is 1.76. The van der Waals surface area contributed by atoms with Crippen molar-refractivity contribution in [3.63, 3.8) is 0 Å². The Bertz CT molecular complexity index is 343. The number of carbonyl (C=O) groups excluding carboxylic acids is 3. The summed E-state index contributed by atoms with van der Waals surface area (Å²) in [6, 6.07) is -0.954. The van der Waals surface area contributed by atoms with Crippen LogP contribution in [0.25, 0.3) is 0 Å². The van der Waals surface area contributed by atoms with Crippen molar-refractivity contribution in [2.24, 2.45) is 0 Å². The Morgan fingerprint density at radius 2 is 1.94 bits per heavy atom. The van der Waals surface area contributed by atoms with Crippen LogP contribution < -0.4 is 5.32 Å². The summed E-state index contributed by atoms with van der Waals surface area (Å²) < 4.78 is 4.48. The Balaban J connectivity index is 4.33. The molecule has 0 rings (SSSR count). The van der Waals surface area contributed by atoms with E-state index >= 15 is 0 Å². The van der Waals surface area contributed by atoms with Crippen molar-refractivity contribution in [2.45, 2.75) is 25.8 Å². The number of aliphatic carboxylic acids is 1. The minimum atomic E-state index is -1.24. The summed E-state index contributed by atoms with van der Waals surface area (Å²) >= 11 is 0.674. The number of hydrogen-bond acceptors (Lipinski definition) is 6. The molecule has 7 nitrogen and oxygen atoms in total. The molecular formula is C10H15NO6S. The molecule has 0 aliphatic heterocycles. The lowest BCUT2D eigenvalue weighted by molar-refractivity contribution is -0.144. The molecule has 8 heteroatoms. The van der Waals surface area contributed by atoms with Crippen LogP contribution in [-0.2, 0) is 23.9 Å². The van der Waals surface area contributed by atoms with Gasteiger partial charge >= 0.3 is 11.9 Å². The number of hydrogen-bond donors (Lipinski definition) is 2. The third-order valence-corrected chi connectivity index (χ3v) is 2.81. The second-order valence-corrected chi connectivity index (χ2v) is 4.33. The Morgan fingerprint density at radius 3 is 2.39 bits per heavy atom. The number of ether oxygens (including phenoxy) is 1. The monoisotopic (exact) mass is 277 g/mol. The molecule has 0 aromatic carbocycles. The van der Waals surface area contributed by atoms with E-state index in [2.05, 4.69) is 10.1 Å². The van der Waals surface area contributed by atoms with Gasteiger partial charge in [0.25, 0.3) is 0 Å². The molecule has 0 saturated carbocycles. The number of nitrogens with one attached hydrogen (secondary N) is 1. The Labute approximate surface area is 108 Å². The van der Waals surface area contributed by atoms with Crippen LogP contribution in [-0.4, -0.2) is 47.0 Å². The summed E-state index contributed by atoms with van der Waals surface area (Å²) in [5, 5.41) is 10.2. The largest absolute Gasteiger partial charge is 0.481 e. The van der Waals surface area contributed by atoms with E-state index in [0.29, 0.717) is 11.8 Å². The molecule has 0 saturated heterocycles. The van der Waals surface area contributed by atoms with Crippen molar-refractivity contribution in [3.8, 4) is 0 Å². The van der Waals surface area contributed by atoms with Gasteiger partial charge in [-0.05, 0) is 0 Å². The maximum atomic E-state index is 11.3. The fourth-order valence-electron chi connectivity index (χ4n) is 0.958. The Hall–Kier alpha value is -1.57. The minimum absolute atomic E-state index is 0.0511. The zero-order chi connectivity index (χ0) is 14.1. The van der Waals surface area contributed by atoms with Crippen molar-refractivity contribution in [1.82, 2.24) is 5.32 Å². The first-order valence-electron chi connectivity index (χ1n) is 5.15. The minimum Gasteiger partial charge on any atom is -0.481 e. The van der Waals surface area contributed by atoms with Crippen molar-refractivity contribution >= 4 is 34.7 Å². The zero-order valence-corrected chi connectivity index (χ0v) is 10.9. The average molecular weight is 277 g/mol. The highest BCUT2D eigenvalue weighted by atomic mass is 32.2. The molecule has 1 amide bonds. The molecule has 0 heterocycles. The van der Waals surface area contributed by atoms with Gasteiger partial charge in [0.05, 0.1) is 7.11 Å². The van der Waals surface area contributed by atoms with Gasteiger partial charge < -0.3 is 15.2 Å². The Morgan fingerprint density at radius 1 is 1.33 bits per heavy atom. The predicted octanol–water partition coefficient (Wildman–Crippen LogP) is -0.211. The first-order chi connectivity index (χ1) is 8.40. The highest BCUT2D eigenvalue weighted by Crippen LogP contribution is 2.08. The van der Waals surface area contributed by atoms with E-state index in [0.717, 1.165) is 7.11 Å². The lowest BCUT2D eigenvalue weighted by atomic mass is 10.3. The highest BCUT2D eigenvalue weighted by molar-refractivity contribution is 8.13. The van der Waals surface area contributed by atoms with Gasteiger partial charge in [0.2, 0.25) is 5.91 Å². The van der Waals surface area contributed by atoms with Crippen LogP contribution in [0.3, 0.4) is 0 Å². The third kappa shape index (κ3) is 6.89. The maximum Gasteiger partial charge on any atom is 0.329 e. The summed E-state index contributed by atoms with van der Waals surface area (Å²) in [4.78, 5) is 43.9. The number of esters is 1. The first-order valence-corrected chi connectivity index (χ1v) is 6.13. The number of thioether (sulfide) groups is 1. The number of carboxylic acid groups (broad SMARTS) is 1. The molecule has 0 aliphatic rings. The summed E-state index contributed by atoms with van der Waals surface area (Å²) in [5.41, 5.74) is 0. The molecule has 0 aromatic heterocycles. The van der Waals surface area contributed by atoms with Crippen LogP contribution in [0.5, 0.6) is 0 Å². The van der Waals surface area contributed by atoms with E-state index in [4.69, 9.17) is 5.11 Å². The van der Waals surface area contributed by atoms with Crippen LogP contribution >= 0.6 is 11.8 Å². The van der Waals surface area contributed by atoms with Gasteiger partial charge in [-0.2, -0.15) is 0 Å². The molecule has 0 bridgehead atoms. The smallest absolute Gasteiger partial charge is 0.329 e. The van der Waals surface area contributed by atoms with E-state index in [9.17, 15) is 19.2 Å². The van der Waals surface area contributed by atoms with Crippen molar-refractivity contribution in [3.05, 3.63) is 0 Å². The van der Waals surface area contributed by atoms with E-state index in [1.54, 1.807) is 6.92 Å². The SMILES string of the molecule is CCC(=O)N[C@@H](CSC(=O)CC(=O)O)C(=O)OC. The van der Waals surface area contributed by atoms with Crippen LogP contribution in [0.1, 0.15) is 19.8 Å². The summed E-state index contributed by atoms with van der Waals surface area (Å²) in [5.74, 6) is -2.31. The highest BCUT2D eigenvalue weighted by Gasteiger charge is 2.22. The van der Waals surface area contributed by atoms with Gasteiger partial charge in [0.1, 0.15) is 12.5 Å². The summed E-state index contributed by atoms with van der Waals surface area (Å²) in [7, 11) is 1.16. The van der Waals surface area contributed by atoms with Gasteiger partial charge in [-0.1, -0.05) is 18.7 Å². The van der Waals surface area contributed by atoms with Crippen LogP contribution in [0, 0.1) is 0 Å². The molecule has 0 aromatic rings. The molecule has 0 radical (unpaired) electrons. The number of rotatable bonds is 7. The van der Waals surface area contributed by atoms with Crippen molar-refractivity contribution in [1.29, 1.82) is 0 Å². The quantitative estimate of drug-likeness (QED) is 0.489. The second kappa shape index (κ2) is 8.51. The zero-order valence-electron chi connectivity index (χ0n) is 10.1. The predicted molar refractivity (Wildman–Crippen MR) is 64.0 cm³/mol. The molecule has 0 aliphatic carbocycles. The van der Waals surface area contributed by atoms with Crippen LogP contribution in [0.15, 0.2) is 0 Å². The number of carboxylic acids is 1. The number of methoxy groups -OCH3 is 1. The lowest BCUT2D eigenvalue weighted by Gasteiger charge is -2.14. The standard InChI is InChI=1S/C10H15NO6S/c1-3-7(12)11-6(10(16)17-2)5-18-9(15)4-8(13)14/h6H,3-5H2,1-2H3,(H,11,12)(H,13,14)/t6-/m0/s1. The topological polar surface area (TPSA) is 110 Å². The fraction of sp³-hybridized carbons (Fsp3) is 0.600. The van der Waals surface area contributed by atoms with Crippen LogP contribution in [0.4, 0.5) is 0 Å². The normalized spacial score (nSPS) is 11.4. The molecule has 0 spiro atoms. The van der Waals surface area contributed by atoms with Crippen molar-refractivity contribution < 1.29 is 29.0 Å². The number of amides is 1. The van der Waals surface area contributed by atoms with Crippen molar-refractivity contribution in [2.75, 3.05) is 12.9 Å². The average Bonchev–Trinajstić information content (AvgIpc) is 2.32.